The summed E-state index contributed by atoms with van der Waals surface area (Å²) in [5, 5.41) is 0. The maximum Gasteiger partial charge on any atom is 0.223 e. The molecular formula is C31H42FNO2S. The fraction of sp³-hybridized carbons (Fsp3) is 0.452. The Kier molecular flexibility index (Phi) is 10.00. The normalized spacial score (nSPS) is 22.7. The van der Waals surface area contributed by atoms with Crippen LogP contribution in [0.25, 0.3) is 0 Å². The molecule has 0 N–H and O–H groups in total. The molecule has 1 saturated heterocycles. The molecule has 4 atom stereocenters. The molecule has 0 saturated carbocycles. The molecule has 1 aliphatic rings. The predicted octanol–water partition coefficient (Wildman–Crippen LogP) is 7.51. The fourth-order valence-electron chi connectivity index (χ4n) is 5.54. The van der Waals surface area contributed by atoms with Crippen molar-refractivity contribution in [1.29, 1.82) is 0 Å². The summed E-state index contributed by atoms with van der Waals surface area (Å²) in [4.78, 5) is 16.3. The van der Waals surface area contributed by atoms with Crippen molar-refractivity contribution in [2.75, 3.05) is 26.5 Å². The van der Waals surface area contributed by atoms with Crippen molar-refractivity contribution >= 4 is 16.2 Å². The third kappa shape index (κ3) is 5.56. The second-order valence-electron chi connectivity index (χ2n) is 9.71. The van der Waals surface area contributed by atoms with Crippen LogP contribution >= 0.6 is 10.3 Å². The Morgan fingerprint density at radius 2 is 2.14 bits per heavy atom. The summed E-state index contributed by atoms with van der Waals surface area (Å²) in [7, 11) is -0.268. The molecule has 1 aromatic rings. The average Bonchev–Trinajstić information content (AvgIpc) is 2.87. The fourth-order valence-corrected chi connectivity index (χ4v) is 9.19. The Balaban J connectivity index is 2.50. The van der Waals surface area contributed by atoms with Gasteiger partial charge in [-0.25, -0.2) is 4.39 Å². The van der Waals surface area contributed by atoms with Gasteiger partial charge in [-0.1, -0.05) is 55.9 Å². The van der Waals surface area contributed by atoms with Gasteiger partial charge in [0.1, 0.15) is 0 Å². The number of alkyl halides is 1. The highest BCUT2D eigenvalue weighted by molar-refractivity contribution is 8.30. The van der Waals surface area contributed by atoms with E-state index in [0.29, 0.717) is 25.1 Å². The Hall–Kier alpha value is -2.55. The van der Waals surface area contributed by atoms with Crippen molar-refractivity contribution < 1.29 is 13.4 Å². The molecule has 0 aromatic heterocycles. The molecule has 1 fully saturated rings. The highest BCUT2D eigenvalue weighted by Crippen LogP contribution is 2.70. The number of piperidine rings is 1. The van der Waals surface area contributed by atoms with Gasteiger partial charge in [-0.15, -0.1) is 16.7 Å². The van der Waals surface area contributed by atoms with E-state index in [0.717, 1.165) is 28.9 Å². The first-order chi connectivity index (χ1) is 17.0. The molecular weight excluding hydrogens is 469 g/mol. The number of allylic oxidation sites excluding steroid dienone is 3. The van der Waals surface area contributed by atoms with Gasteiger partial charge in [0.15, 0.2) is 5.67 Å². The van der Waals surface area contributed by atoms with Gasteiger partial charge in [0, 0.05) is 36.3 Å². The summed E-state index contributed by atoms with van der Waals surface area (Å²) in [6, 6.07) is 7.58. The number of rotatable bonds is 11. The second-order valence-corrected chi connectivity index (χ2v) is 12.9. The van der Waals surface area contributed by atoms with Crippen LogP contribution in [0, 0.1) is 18.3 Å². The zero-order chi connectivity index (χ0) is 27.1. The summed E-state index contributed by atoms with van der Waals surface area (Å²) in [6.07, 6.45) is 16.3. The summed E-state index contributed by atoms with van der Waals surface area (Å²) in [6.45, 7) is 16.9. The van der Waals surface area contributed by atoms with E-state index in [4.69, 9.17) is 10.6 Å². The van der Waals surface area contributed by atoms with Gasteiger partial charge in [-0.3, -0.25) is 4.79 Å². The predicted molar refractivity (Wildman–Crippen MR) is 153 cm³/mol. The van der Waals surface area contributed by atoms with Crippen LogP contribution in [0.1, 0.15) is 52.5 Å². The third-order valence-electron chi connectivity index (χ3n) is 7.83. The molecule has 196 valence electrons. The van der Waals surface area contributed by atoms with Crippen LogP contribution in [0.3, 0.4) is 0 Å². The maximum absolute atomic E-state index is 15.2. The van der Waals surface area contributed by atoms with E-state index in [1.165, 1.54) is 13.0 Å². The van der Waals surface area contributed by atoms with Crippen molar-refractivity contribution in [3.05, 3.63) is 78.4 Å². The number of amides is 1. The molecule has 0 spiro atoms. The Morgan fingerprint density at radius 3 is 2.64 bits per heavy atom. The van der Waals surface area contributed by atoms with Gasteiger partial charge in [0.2, 0.25) is 5.91 Å². The maximum atomic E-state index is 15.2. The highest BCUT2D eigenvalue weighted by Gasteiger charge is 2.52. The van der Waals surface area contributed by atoms with E-state index in [1.54, 1.807) is 19.3 Å². The summed E-state index contributed by atoms with van der Waals surface area (Å²) in [5.74, 6) is 2.68. The molecule has 1 aliphatic heterocycles. The minimum absolute atomic E-state index is 0.0545. The van der Waals surface area contributed by atoms with Crippen molar-refractivity contribution in [1.82, 2.24) is 4.90 Å². The van der Waals surface area contributed by atoms with Crippen molar-refractivity contribution in [3.63, 3.8) is 0 Å². The number of hydrogen-bond acceptors (Lipinski definition) is 2. The first-order valence-electron chi connectivity index (χ1n) is 12.5. The van der Waals surface area contributed by atoms with Crippen LogP contribution < -0.4 is 0 Å². The van der Waals surface area contributed by atoms with Gasteiger partial charge >= 0.3 is 0 Å². The van der Waals surface area contributed by atoms with E-state index in [9.17, 15) is 4.79 Å². The number of terminal acetylenes is 1. The average molecular weight is 512 g/mol. The summed E-state index contributed by atoms with van der Waals surface area (Å²) < 4.78 is 21.1. The molecule has 36 heavy (non-hydrogen) atoms. The number of likely N-dealkylation sites (tertiary alicyclic amines) is 1. The molecule has 5 heteroatoms. The van der Waals surface area contributed by atoms with Crippen LogP contribution in [0.5, 0.6) is 0 Å². The van der Waals surface area contributed by atoms with Gasteiger partial charge in [-0.05, 0) is 81.2 Å². The minimum atomic E-state index is -1.99. The largest absolute Gasteiger partial charge is 0.338 e. The molecule has 1 amide bonds. The molecule has 0 radical (unpaired) electrons. The Bertz CT molecular complexity index is 1080. The number of benzene rings is 1. The van der Waals surface area contributed by atoms with Gasteiger partial charge in [0.05, 0.1) is 0 Å². The van der Waals surface area contributed by atoms with Crippen LogP contribution in [0.2, 0.25) is 0 Å². The molecule has 2 rings (SSSR count). The topological polar surface area (TPSA) is 29.5 Å². The molecule has 4 unspecified atom stereocenters. The number of nitrogens with zero attached hydrogens (tertiary/aromatic N) is 1. The lowest BCUT2D eigenvalue weighted by molar-refractivity contribution is -0.134. The van der Waals surface area contributed by atoms with Crippen LogP contribution in [-0.2, 0) is 14.6 Å². The Labute approximate surface area is 219 Å². The second kappa shape index (κ2) is 12.1. The molecule has 0 bridgehead atoms. The SMILES string of the molecule is C#CC=CC(=CC)CN1CCC(C(CC)(C(=C)C)S(C)(OC)c2cccc(C(C)(F)C=C)c2)CC1=O. The number of carbonyl (C=O) groups excluding carboxylic acids is 1. The van der Waals surface area contributed by atoms with Crippen molar-refractivity contribution in [3.8, 4) is 12.3 Å². The van der Waals surface area contributed by atoms with Crippen molar-refractivity contribution in [2.24, 2.45) is 5.92 Å². The van der Waals surface area contributed by atoms with Crippen LogP contribution in [0.15, 0.2) is 77.8 Å². The monoisotopic (exact) mass is 511 g/mol. The molecule has 0 aliphatic carbocycles. The molecule has 1 aromatic carbocycles. The minimum Gasteiger partial charge on any atom is -0.338 e. The van der Waals surface area contributed by atoms with E-state index < -0.39 is 20.7 Å². The number of hydrogen-bond donors (Lipinski definition) is 0. The van der Waals surface area contributed by atoms with Crippen LogP contribution in [-0.4, -0.2) is 42.0 Å². The highest BCUT2D eigenvalue weighted by atomic mass is 32.3. The zero-order valence-corrected chi connectivity index (χ0v) is 23.6. The molecule has 3 nitrogen and oxygen atoms in total. The smallest absolute Gasteiger partial charge is 0.223 e. The van der Waals surface area contributed by atoms with E-state index in [1.807, 2.05) is 49.1 Å². The van der Waals surface area contributed by atoms with E-state index >= 15 is 4.39 Å². The number of halogens is 1. The molecule has 1 heterocycles. The van der Waals surface area contributed by atoms with Crippen LogP contribution in [0.4, 0.5) is 4.39 Å². The first-order valence-corrected chi connectivity index (χ1v) is 14.4. The quantitative estimate of drug-likeness (QED) is 0.175. The first kappa shape index (κ1) is 29.7. The standard InChI is InChI=1S/C31H42FNO2S/c1-10-14-16-25(11-2)23-33-20-19-27(22-29(33)34)31(13-4,24(5)6)36(9,35-8)28-18-15-17-26(21-28)30(7,32)12-3/h1,11-12,14-18,21,27H,3,5,13,19-20,22-23H2,2,4,6-9H3. The van der Waals surface area contributed by atoms with Crippen molar-refractivity contribution in [2.45, 2.75) is 62.3 Å². The summed E-state index contributed by atoms with van der Waals surface area (Å²) >= 11 is 0. The van der Waals surface area contributed by atoms with Gasteiger partial charge < -0.3 is 9.08 Å². The lowest BCUT2D eigenvalue weighted by atomic mass is 9.78. The van der Waals surface area contributed by atoms with Gasteiger partial charge in [-0.2, -0.15) is 0 Å². The summed E-state index contributed by atoms with van der Waals surface area (Å²) in [5.41, 5.74) is 0.908. The lowest BCUT2D eigenvalue weighted by Crippen LogP contribution is -2.50. The van der Waals surface area contributed by atoms with E-state index in [2.05, 4.69) is 32.3 Å². The zero-order valence-electron chi connectivity index (χ0n) is 22.8. The number of carbonyl (C=O) groups is 1. The Morgan fingerprint density at radius 1 is 1.44 bits per heavy atom. The van der Waals surface area contributed by atoms with Gasteiger partial charge in [0.25, 0.3) is 0 Å². The van der Waals surface area contributed by atoms with E-state index in [-0.39, 0.29) is 11.8 Å². The lowest BCUT2D eigenvalue weighted by Gasteiger charge is -2.57. The third-order valence-corrected chi connectivity index (χ3v) is 12.0.